The van der Waals surface area contributed by atoms with Crippen LogP contribution in [0.4, 0.5) is 4.39 Å². The van der Waals surface area contributed by atoms with Crippen LogP contribution in [0.15, 0.2) is 68.8 Å². The number of benzene rings is 2. The molecule has 0 radical (unpaired) electrons. The summed E-state index contributed by atoms with van der Waals surface area (Å²) in [4.78, 5) is 16.4. The molecule has 0 unspecified atom stereocenters. The van der Waals surface area contributed by atoms with E-state index < -0.39 is 11.6 Å². The average Bonchev–Trinajstić information content (AvgIpc) is 2.97. The van der Waals surface area contributed by atoms with Crippen molar-refractivity contribution in [2.75, 3.05) is 0 Å². The highest BCUT2D eigenvalue weighted by atomic mass is 32.1. The number of oxazole rings is 1. The molecule has 27 heavy (non-hydrogen) atoms. The SMILES string of the molecule is C[C@H](c1cccc(-c2ccc(O)nc2)c1)n1c(=O)oc2cc(S)c(F)cc21. The first-order valence-electron chi connectivity index (χ1n) is 8.23. The summed E-state index contributed by atoms with van der Waals surface area (Å²) in [6, 6.07) is 13.1. The van der Waals surface area contributed by atoms with Crippen LogP contribution in [-0.4, -0.2) is 14.7 Å². The van der Waals surface area contributed by atoms with Crippen molar-refractivity contribution in [1.29, 1.82) is 0 Å². The molecule has 0 amide bonds. The second-order valence-electron chi connectivity index (χ2n) is 6.22. The minimum Gasteiger partial charge on any atom is -0.493 e. The Labute approximate surface area is 159 Å². The number of aromatic hydroxyl groups is 1. The standard InChI is InChI=1S/C20H15FN2O3S/c1-11(23-16-8-15(21)18(27)9-17(16)26-20(23)25)12-3-2-4-13(7-12)14-5-6-19(24)22-10-14/h2-11,27H,1H3,(H,22,24)/t11-/m1/s1. The smallest absolute Gasteiger partial charge is 0.420 e. The molecule has 136 valence electrons. The molecule has 1 atom stereocenters. The maximum Gasteiger partial charge on any atom is 0.420 e. The molecule has 0 aliphatic rings. The predicted octanol–water partition coefficient (Wildman–Crippen LogP) is 4.40. The molecule has 4 rings (SSSR count). The van der Waals surface area contributed by atoms with Crippen LogP contribution >= 0.6 is 12.6 Å². The molecular formula is C20H15FN2O3S. The van der Waals surface area contributed by atoms with Gasteiger partial charge in [0.2, 0.25) is 5.88 Å². The van der Waals surface area contributed by atoms with E-state index in [-0.39, 0.29) is 22.4 Å². The summed E-state index contributed by atoms with van der Waals surface area (Å²) in [5.74, 6) is -1.13. The van der Waals surface area contributed by atoms with Gasteiger partial charge in [-0.1, -0.05) is 18.2 Å². The number of thiol groups is 1. The molecule has 1 N–H and O–H groups in total. The molecule has 0 spiro atoms. The Morgan fingerprint density at radius 3 is 2.74 bits per heavy atom. The molecule has 4 aromatic rings. The van der Waals surface area contributed by atoms with Gasteiger partial charge in [0.05, 0.1) is 11.6 Å². The molecule has 7 heteroatoms. The Morgan fingerprint density at radius 2 is 2.00 bits per heavy atom. The van der Waals surface area contributed by atoms with Gasteiger partial charge < -0.3 is 9.52 Å². The fourth-order valence-electron chi connectivity index (χ4n) is 3.09. The summed E-state index contributed by atoms with van der Waals surface area (Å²) < 4.78 is 20.6. The Hall–Kier alpha value is -3.06. The van der Waals surface area contributed by atoms with Crippen LogP contribution in [0.1, 0.15) is 18.5 Å². The quantitative estimate of drug-likeness (QED) is 0.516. The van der Waals surface area contributed by atoms with Gasteiger partial charge in [-0.25, -0.2) is 14.2 Å². The van der Waals surface area contributed by atoms with E-state index in [4.69, 9.17) is 4.42 Å². The number of halogens is 1. The lowest BCUT2D eigenvalue weighted by atomic mass is 10.0. The Bertz CT molecular complexity index is 1200. The van der Waals surface area contributed by atoms with E-state index >= 15 is 0 Å². The second-order valence-corrected chi connectivity index (χ2v) is 6.70. The maximum absolute atomic E-state index is 14.0. The van der Waals surface area contributed by atoms with Crippen molar-refractivity contribution in [2.24, 2.45) is 0 Å². The summed E-state index contributed by atoms with van der Waals surface area (Å²) in [6.07, 6.45) is 1.57. The molecule has 0 saturated carbocycles. The number of fused-ring (bicyclic) bond motifs is 1. The van der Waals surface area contributed by atoms with Crippen LogP contribution in [0, 0.1) is 5.82 Å². The first-order chi connectivity index (χ1) is 12.9. The highest BCUT2D eigenvalue weighted by molar-refractivity contribution is 7.80. The van der Waals surface area contributed by atoms with Crippen molar-refractivity contribution >= 4 is 23.7 Å². The van der Waals surface area contributed by atoms with Crippen LogP contribution in [0.25, 0.3) is 22.2 Å². The fourth-order valence-corrected chi connectivity index (χ4v) is 3.28. The summed E-state index contributed by atoms with van der Waals surface area (Å²) >= 11 is 4.03. The predicted molar refractivity (Wildman–Crippen MR) is 103 cm³/mol. The highest BCUT2D eigenvalue weighted by Gasteiger charge is 2.19. The maximum atomic E-state index is 14.0. The fraction of sp³-hybridized carbons (Fsp3) is 0.100. The number of hydrogen-bond acceptors (Lipinski definition) is 5. The van der Waals surface area contributed by atoms with E-state index in [0.29, 0.717) is 5.52 Å². The zero-order valence-electron chi connectivity index (χ0n) is 14.3. The third-order valence-electron chi connectivity index (χ3n) is 4.52. The number of pyridine rings is 1. The Kier molecular flexibility index (Phi) is 4.24. The molecular weight excluding hydrogens is 367 g/mol. The minimum atomic E-state index is -0.562. The monoisotopic (exact) mass is 382 g/mol. The van der Waals surface area contributed by atoms with Gasteiger partial charge in [0.15, 0.2) is 5.58 Å². The first kappa shape index (κ1) is 17.4. The summed E-state index contributed by atoms with van der Waals surface area (Å²) in [7, 11) is 0. The van der Waals surface area contributed by atoms with E-state index in [2.05, 4.69) is 17.6 Å². The molecule has 0 fully saturated rings. The van der Waals surface area contributed by atoms with Crippen molar-refractivity contribution in [1.82, 2.24) is 9.55 Å². The first-order valence-corrected chi connectivity index (χ1v) is 8.67. The zero-order valence-corrected chi connectivity index (χ0v) is 15.2. The summed E-state index contributed by atoms with van der Waals surface area (Å²) in [5, 5.41) is 9.35. The van der Waals surface area contributed by atoms with Crippen molar-refractivity contribution in [2.45, 2.75) is 17.9 Å². The van der Waals surface area contributed by atoms with Gasteiger partial charge in [-0.2, -0.15) is 0 Å². The molecule has 0 bridgehead atoms. The summed E-state index contributed by atoms with van der Waals surface area (Å²) in [5.41, 5.74) is 3.23. The van der Waals surface area contributed by atoms with E-state index in [9.17, 15) is 14.3 Å². The zero-order chi connectivity index (χ0) is 19.1. The third-order valence-corrected chi connectivity index (χ3v) is 4.86. The molecule has 0 aliphatic heterocycles. The van der Waals surface area contributed by atoms with Crippen molar-refractivity contribution in [3.05, 3.63) is 76.7 Å². The van der Waals surface area contributed by atoms with Crippen LogP contribution in [0.3, 0.4) is 0 Å². The lowest BCUT2D eigenvalue weighted by Crippen LogP contribution is -2.19. The Balaban J connectivity index is 1.81. The van der Waals surface area contributed by atoms with Gasteiger partial charge in [0.25, 0.3) is 0 Å². The third kappa shape index (κ3) is 3.10. The van der Waals surface area contributed by atoms with Gasteiger partial charge in [-0.3, -0.25) is 4.57 Å². The molecule has 0 saturated heterocycles. The van der Waals surface area contributed by atoms with Crippen molar-refractivity contribution < 1.29 is 13.9 Å². The normalized spacial score (nSPS) is 12.4. The number of rotatable bonds is 3. The van der Waals surface area contributed by atoms with Gasteiger partial charge in [0.1, 0.15) is 5.82 Å². The van der Waals surface area contributed by atoms with Gasteiger partial charge in [-0.15, -0.1) is 12.6 Å². The van der Waals surface area contributed by atoms with E-state index in [1.165, 1.54) is 22.8 Å². The molecule has 2 aromatic carbocycles. The molecule has 2 aromatic heterocycles. The highest BCUT2D eigenvalue weighted by Crippen LogP contribution is 2.28. The number of hydrogen-bond donors (Lipinski definition) is 2. The van der Waals surface area contributed by atoms with Crippen LogP contribution in [-0.2, 0) is 0 Å². The Morgan fingerprint density at radius 1 is 1.19 bits per heavy atom. The minimum absolute atomic E-state index is 0.0507. The number of nitrogens with zero attached hydrogens (tertiary/aromatic N) is 2. The van der Waals surface area contributed by atoms with Crippen molar-refractivity contribution in [3.8, 4) is 17.0 Å². The van der Waals surface area contributed by atoms with E-state index in [0.717, 1.165) is 16.7 Å². The van der Waals surface area contributed by atoms with Gasteiger partial charge in [-0.05, 0) is 36.2 Å². The second kappa shape index (κ2) is 6.59. The summed E-state index contributed by atoms with van der Waals surface area (Å²) in [6.45, 7) is 1.84. The largest absolute Gasteiger partial charge is 0.493 e. The van der Waals surface area contributed by atoms with Crippen LogP contribution in [0.5, 0.6) is 5.88 Å². The average molecular weight is 382 g/mol. The van der Waals surface area contributed by atoms with E-state index in [1.807, 2.05) is 31.2 Å². The molecule has 0 aliphatic carbocycles. The lowest BCUT2D eigenvalue weighted by Gasteiger charge is -2.15. The van der Waals surface area contributed by atoms with Crippen LogP contribution in [0.2, 0.25) is 0 Å². The van der Waals surface area contributed by atoms with Gasteiger partial charge >= 0.3 is 5.76 Å². The van der Waals surface area contributed by atoms with Crippen molar-refractivity contribution in [3.63, 3.8) is 0 Å². The molecule has 2 heterocycles. The number of aromatic nitrogens is 2. The lowest BCUT2D eigenvalue weighted by molar-refractivity contribution is 0.453. The van der Waals surface area contributed by atoms with Crippen LogP contribution < -0.4 is 5.76 Å². The topological polar surface area (TPSA) is 68.3 Å². The van der Waals surface area contributed by atoms with Gasteiger partial charge in [0, 0.05) is 28.8 Å². The molecule has 5 nitrogen and oxygen atoms in total. The van der Waals surface area contributed by atoms with E-state index in [1.54, 1.807) is 12.3 Å².